The number of amides is 8. The Bertz CT molecular complexity index is 1100. The van der Waals surface area contributed by atoms with E-state index in [0.717, 1.165) is 6.54 Å². The normalized spacial score (nSPS) is 8.97. The number of hydrogen-bond acceptors (Lipinski definition) is 13. The molecule has 0 radical (unpaired) electrons. The summed E-state index contributed by atoms with van der Waals surface area (Å²) in [4.78, 5) is 118. The highest BCUT2D eigenvalue weighted by atomic mass is 16.2. The Labute approximate surface area is 355 Å². The van der Waals surface area contributed by atoms with Gasteiger partial charge in [-0.2, -0.15) is 0 Å². The van der Waals surface area contributed by atoms with Crippen LogP contribution in [-0.4, -0.2) is 255 Å². The van der Waals surface area contributed by atoms with E-state index in [1.165, 1.54) is 40.7 Å². The Morgan fingerprint density at radius 1 is 0.525 bits per heavy atom. The molecular formula is C38H81N11O10. The Hall–Kier alpha value is -5.02. The lowest BCUT2D eigenvalue weighted by molar-refractivity contribution is -0.135. The van der Waals surface area contributed by atoms with Crippen molar-refractivity contribution in [3.8, 4) is 0 Å². The van der Waals surface area contributed by atoms with Gasteiger partial charge in [0.15, 0.2) is 0 Å². The number of carbonyl (C=O) groups excluding carboxylic acids is 10. The summed E-state index contributed by atoms with van der Waals surface area (Å²) in [6.45, 7) is 14.2. The average molecular weight is 852 g/mol. The molecule has 21 heteroatoms. The van der Waals surface area contributed by atoms with Crippen LogP contribution in [0.1, 0.15) is 41.0 Å². The molecule has 0 aromatic rings. The Kier molecular flexibility index (Phi) is 57.2. The fourth-order valence-electron chi connectivity index (χ4n) is 2.80. The number of nitrogens with zero attached hydrogens (tertiary/aromatic N) is 9. The summed E-state index contributed by atoms with van der Waals surface area (Å²) in [6.07, 6.45) is 4.13. The molecule has 0 spiro atoms. The van der Waals surface area contributed by atoms with Crippen molar-refractivity contribution >= 4 is 61.8 Å². The van der Waals surface area contributed by atoms with E-state index in [1.54, 1.807) is 57.0 Å². The fraction of sp³-hybridized carbons (Fsp3) is 0.737. The van der Waals surface area contributed by atoms with Gasteiger partial charge in [-0.15, -0.1) is 0 Å². The summed E-state index contributed by atoms with van der Waals surface area (Å²) < 4.78 is 0. The van der Waals surface area contributed by atoms with Gasteiger partial charge < -0.3 is 64.7 Å². The highest BCUT2D eigenvalue weighted by Gasteiger charge is 2.13. The molecule has 0 aromatic carbocycles. The molecule has 0 saturated carbocycles. The number of carbonyl (C=O) groups is 10. The summed E-state index contributed by atoms with van der Waals surface area (Å²) in [6, 6.07) is 0.699. The summed E-state index contributed by atoms with van der Waals surface area (Å²) in [7, 11) is 20.2. The van der Waals surface area contributed by atoms with Crippen LogP contribution < -0.4 is 11.1 Å². The summed E-state index contributed by atoms with van der Waals surface area (Å²) >= 11 is 0. The van der Waals surface area contributed by atoms with E-state index in [9.17, 15) is 43.2 Å². The lowest BCUT2D eigenvalue weighted by Crippen LogP contribution is -2.37. The first-order valence-corrected chi connectivity index (χ1v) is 18.8. The first-order chi connectivity index (χ1) is 27.5. The molecule has 3 N–H and O–H groups in total. The van der Waals surface area contributed by atoms with Gasteiger partial charge in [-0.3, -0.25) is 38.4 Å². The molecule has 0 saturated heterocycles. The van der Waals surface area contributed by atoms with Gasteiger partial charge in [-0.25, -0.2) is 0 Å². The van der Waals surface area contributed by atoms with Crippen LogP contribution in [0.4, 0.5) is 0 Å². The lowest BCUT2D eigenvalue weighted by Gasteiger charge is -2.21. The van der Waals surface area contributed by atoms with Gasteiger partial charge in [0.05, 0.1) is 32.7 Å². The molecule has 59 heavy (non-hydrogen) atoms. The minimum Gasteiger partial charge on any atom is -0.362 e. The Morgan fingerprint density at radius 2 is 0.881 bits per heavy atom. The Balaban J connectivity index is -0.000000114. The third-order valence-electron chi connectivity index (χ3n) is 7.28. The van der Waals surface area contributed by atoms with Crippen LogP contribution in [-0.2, 0) is 47.9 Å². The summed E-state index contributed by atoms with van der Waals surface area (Å²) in [5, 5.41) is 2.25. The first kappa shape index (κ1) is 68.6. The number of aldehydes is 2. The zero-order valence-corrected chi connectivity index (χ0v) is 39.3. The third kappa shape index (κ3) is 53.0. The second kappa shape index (κ2) is 49.1. The maximum absolute atomic E-state index is 11.6. The van der Waals surface area contributed by atoms with Crippen LogP contribution in [0.15, 0.2) is 0 Å². The van der Waals surface area contributed by atoms with Crippen molar-refractivity contribution in [2.75, 3.05) is 143 Å². The topological polar surface area (TPSA) is 238 Å². The van der Waals surface area contributed by atoms with E-state index in [-0.39, 0.29) is 49.8 Å². The molecule has 8 amide bonds. The van der Waals surface area contributed by atoms with Gasteiger partial charge in [0, 0.05) is 88.5 Å². The number of nitrogens with two attached hydrogens (primary N) is 1. The smallest absolute Gasteiger partial charge is 0.242 e. The Morgan fingerprint density at radius 3 is 1.14 bits per heavy atom. The van der Waals surface area contributed by atoms with Gasteiger partial charge in [-0.1, -0.05) is 6.92 Å². The number of nitrogens with one attached hydrogen (secondary N) is 1. The molecule has 348 valence electrons. The molecule has 0 heterocycles. The van der Waals surface area contributed by atoms with E-state index >= 15 is 0 Å². The van der Waals surface area contributed by atoms with Gasteiger partial charge in [0.25, 0.3) is 0 Å². The standard InChI is InChI=1S/C11H23N3O2.C7H12N2O3.C7H14N2O2.C6H15N.C4H7NO2.C2H5NO.CH5N/c1-6-13(4)10(15)7-8-14(5)11(16)9-12(2)3;1-8(6-11)5-7(12)9(2)3-4-10;1-4-9(3)7(11)5-8(2)6-10;1-5-7(4)6(2)3;1-5(4-7)2-3-6;1-3-2-4;1-2/h6-9H2,1-5H3;4,6H,3,5H2,1-2H3;6H,4-5H2,1-3H3;6H,5H2,1-4H3;3-4H,2H2,1H3;2H,1H3,(H,3,4);2H2,1H3. The predicted molar refractivity (Wildman–Crippen MR) is 232 cm³/mol. The zero-order chi connectivity index (χ0) is 48.1. The molecular weight excluding hydrogens is 770 g/mol. The van der Waals surface area contributed by atoms with Crippen LogP contribution in [0.25, 0.3) is 0 Å². The number of hydrogen-bond donors (Lipinski definition) is 2. The zero-order valence-electron chi connectivity index (χ0n) is 39.3. The maximum atomic E-state index is 11.6. The van der Waals surface area contributed by atoms with Crippen LogP contribution in [0.2, 0.25) is 0 Å². The van der Waals surface area contributed by atoms with E-state index < -0.39 is 0 Å². The third-order valence-corrected chi connectivity index (χ3v) is 7.28. The van der Waals surface area contributed by atoms with E-state index in [4.69, 9.17) is 4.79 Å². The van der Waals surface area contributed by atoms with Crippen molar-refractivity contribution in [3.05, 3.63) is 0 Å². The van der Waals surface area contributed by atoms with Crippen LogP contribution in [0.5, 0.6) is 0 Å². The number of likely N-dealkylation sites (N-methyl/N-ethyl adjacent to an activating group) is 7. The SMILES string of the molecule is CCN(C)C(=O)CCN(C)C(=O)CN(C)C.CCN(C)C(=O)CN(C)C=O.CCN(C)C(C)C.CN.CN(C=O)CC(=O)N(C)CC=O.CN(C=O)CC=O.CNC=O. The highest BCUT2D eigenvalue weighted by Crippen LogP contribution is 1.95. The van der Waals surface area contributed by atoms with E-state index in [2.05, 4.69) is 43.8 Å². The second-order valence-corrected chi connectivity index (χ2v) is 12.9. The largest absolute Gasteiger partial charge is 0.362 e. The van der Waals surface area contributed by atoms with Gasteiger partial charge in [-0.05, 0) is 62.4 Å². The first-order valence-electron chi connectivity index (χ1n) is 18.8. The molecule has 0 aromatic heterocycles. The highest BCUT2D eigenvalue weighted by molar-refractivity contribution is 5.82. The van der Waals surface area contributed by atoms with Gasteiger partial charge in [0.1, 0.15) is 12.6 Å². The summed E-state index contributed by atoms with van der Waals surface area (Å²) in [5.74, 6) is -0.178. The quantitative estimate of drug-likeness (QED) is 0.116. The van der Waals surface area contributed by atoms with Crippen molar-refractivity contribution < 1.29 is 47.9 Å². The molecule has 0 atom stereocenters. The number of rotatable bonds is 21. The predicted octanol–water partition coefficient (Wildman–Crippen LogP) is -2.28. The van der Waals surface area contributed by atoms with Crippen molar-refractivity contribution in [1.82, 2.24) is 49.4 Å². The minimum absolute atomic E-state index is 0.00778. The van der Waals surface area contributed by atoms with Crippen LogP contribution in [0, 0.1) is 0 Å². The monoisotopic (exact) mass is 852 g/mol. The summed E-state index contributed by atoms with van der Waals surface area (Å²) in [5.41, 5.74) is 4.50. The molecule has 0 aliphatic heterocycles. The molecule has 0 rings (SSSR count). The fourth-order valence-corrected chi connectivity index (χ4v) is 2.80. The molecule has 0 bridgehead atoms. The molecule has 0 unspecified atom stereocenters. The van der Waals surface area contributed by atoms with E-state index in [1.807, 2.05) is 32.8 Å². The molecule has 0 aliphatic carbocycles. The molecule has 21 nitrogen and oxygen atoms in total. The van der Waals surface area contributed by atoms with Crippen LogP contribution in [0.3, 0.4) is 0 Å². The van der Waals surface area contributed by atoms with Crippen molar-refractivity contribution in [3.63, 3.8) is 0 Å². The van der Waals surface area contributed by atoms with Crippen molar-refractivity contribution in [2.45, 2.75) is 47.1 Å². The van der Waals surface area contributed by atoms with Gasteiger partial charge in [0.2, 0.25) is 49.3 Å². The van der Waals surface area contributed by atoms with Gasteiger partial charge >= 0.3 is 0 Å². The van der Waals surface area contributed by atoms with E-state index in [0.29, 0.717) is 76.9 Å². The van der Waals surface area contributed by atoms with Crippen molar-refractivity contribution in [1.29, 1.82) is 0 Å². The maximum Gasteiger partial charge on any atom is 0.242 e. The second-order valence-electron chi connectivity index (χ2n) is 12.9. The minimum atomic E-state index is -0.253. The molecule has 0 fully saturated rings. The molecule has 0 aliphatic rings. The average Bonchev–Trinajstić information content (AvgIpc) is 3.22. The van der Waals surface area contributed by atoms with Crippen molar-refractivity contribution in [2.24, 2.45) is 5.73 Å². The lowest BCUT2D eigenvalue weighted by atomic mass is 10.3. The van der Waals surface area contributed by atoms with Crippen LogP contribution >= 0.6 is 0 Å².